The molecule has 1 N–H and O–H groups in total. The lowest BCUT2D eigenvalue weighted by Gasteiger charge is -2.00. The first-order valence-electron chi connectivity index (χ1n) is 4.88. The van der Waals surface area contributed by atoms with Crippen LogP contribution >= 0.6 is 27.5 Å². The molecule has 0 aliphatic rings. The van der Waals surface area contributed by atoms with Crippen LogP contribution < -0.4 is 10.1 Å². The topological polar surface area (TPSA) is 90.1 Å². The molecule has 0 atom stereocenters. The van der Waals surface area contributed by atoms with Crippen molar-refractivity contribution in [2.24, 2.45) is 0 Å². The Morgan fingerprint density at radius 3 is 2.94 bits per heavy atom. The Labute approximate surface area is 115 Å². The SMILES string of the molecule is COc1nsc(CNC(=O)c2noc(C)n2)c1Br. The van der Waals surface area contributed by atoms with E-state index in [1.54, 1.807) is 6.92 Å². The molecule has 7 nitrogen and oxygen atoms in total. The van der Waals surface area contributed by atoms with E-state index in [1.807, 2.05) is 0 Å². The zero-order valence-electron chi connectivity index (χ0n) is 9.56. The number of amides is 1. The molecule has 9 heteroatoms. The Kier molecular flexibility index (Phi) is 3.92. The van der Waals surface area contributed by atoms with E-state index in [0.717, 1.165) is 9.35 Å². The molecule has 2 aromatic rings. The fourth-order valence-electron chi connectivity index (χ4n) is 1.16. The molecule has 2 aromatic heterocycles. The largest absolute Gasteiger partial charge is 0.480 e. The molecule has 0 spiro atoms. The minimum Gasteiger partial charge on any atom is -0.480 e. The number of nitrogens with one attached hydrogen (secondary N) is 1. The minimum atomic E-state index is -0.397. The van der Waals surface area contributed by atoms with Crippen LogP contribution in [0.25, 0.3) is 0 Å². The van der Waals surface area contributed by atoms with E-state index in [-0.39, 0.29) is 5.82 Å². The molecule has 0 unspecified atom stereocenters. The van der Waals surface area contributed by atoms with Crippen molar-refractivity contribution in [3.05, 3.63) is 21.1 Å². The first kappa shape index (κ1) is 13.0. The van der Waals surface area contributed by atoms with Crippen LogP contribution in [0, 0.1) is 6.92 Å². The summed E-state index contributed by atoms with van der Waals surface area (Å²) in [4.78, 5) is 16.3. The lowest BCUT2D eigenvalue weighted by atomic mass is 10.4. The first-order valence-corrected chi connectivity index (χ1v) is 6.45. The molecule has 1 amide bonds. The second-order valence-electron chi connectivity index (χ2n) is 3.25. The molecule has 2 rings (SSSR count). The number of ether oxygens (including phenoxy) is 1. The normalized spacial score (nSPS) is 10.4. The molecular weight excluding hydrogens is 324 g/mol. The van der Waals surface area contributed by atoms with Crippen LogP contribution in [-0.4, -0.2) is 27.5 Å². The number of hydrogen-bond acceptors (Lipinski definition) is 7. The number of aromatic nitrogens is 3. The average Bonchev–Trinajstić information content (AvgIpc) is 2.93. The second kappa shape index (κ2) is 5.44. The first-order chi connectivity index (χ1) is 8.61. The van der Waals surface area contributed by atoms with Crippen molar-refractivity contribution in [1.82, 2.24) is 19.8 Å². The predicted octanol–water partition coefficient (Wildman–Crippen LogP) is 1.54. The molecule has 2 heterocycles. The highest BCUT2D eigenvalue weighted by molar-refractivity contribution is 9.10. The molecule has 0 saturated heterocycles. The molecule has 0 aromatic carbocycles. The smallest absolute Gasteiger partial charge is 0.292 e. The molecule has 0 radical (unpaired) electrons. The Bertz CT molecular complexity index is 568. The number of carbonyl (C=O) groups is 1. The van der Waals surface area contributed by atoms with Crippen molar-refractivity contribution in [1.29, 1.82) is 0 Å². The van der Waals surface area contributed by atoms with Gasteiger partial charge in [0.15, 0.2) is 0 Å². The summed E-state index contributed by atoms with van der Waals surface area (Å²) in [5, 5.41) is 6.19. The summed E-state index contributed by atoms with van der Waals surface area (Å²) in [5.41, 5.74) is 0. The standard InChI is InChI=1S/C9H9BrN4O3S/c1-4-12-7(13-17-4)8(15)11-3-5-6(10)9(16-2)14-18-5/h3H2,1-2H3,(H,11,15). The summed E-state index contributed by atoms with van der Waals surface area (Å²) in [5.74, 6) is 0.465. The van der Waals surface area contributed by atoms with Crippen molar-refractivity contribution < 1.29 is 14.1 Å². The average molecular weight is 333 g/mol. The van der Waals surface area contributed by atoms with Gasteiger partial charge in [-0.05, 0) is 27.5 Å². The molecule has 0 fully saturated rings. The van der Waals surface area contributed by atoms with E-state index in [0.29, 0.717) is 18.3 Å². The summed E-state index contributed by atoms with van der Waals surface area (Å²) in [6, 6.07) is 0. The van der Waals surface area contributed by atoms with Crippen LogP contribution in [0.1, 0.15) is 21.4 Å². The highest BCUT2D eigenvalue weighted by atomic mass is 79.9. The fraction of sp³-hybridized carbons (Fsp3) is 0.333. The number of methoxy groups -OCH3 is 1. The fourth-order valence-corrected chi connectivity index (χ4v) is 2.55. The summed E-state index contributed by atoms with van der Waals surface area (Å²) in [7, 11) is 1.53. The Balaban J connectivity index is 1.99. The predicted molar refractivity (Wildman–Crippen MR) is 66.6 cm³/mol. The molecule has 0 saturated carbocycles. The van der Waals surface area contributed by atoms with Gasteiger partial charge in [-0.2, -0.15) is 9.36 Å². The Hall–Kier alpha value is -1.48. The summed E-state index contributed by atoms with van der Waals surface area (Å²) < 4.78 is 14.5. The number of halogens is 1. The van der Waals surface area contributed by atoms with Gasteiger partial charge in [0.25, 0.3) is 11.7 Å². The number of carbonyl (C=O) groups excluding carboxylic acids is 1. The van der Waals surface area contributed by atoms with Gasteiger partial charge in [-0.15, -0.1) is 0 Å². The lowest BCUT2D eigenvalue weighted by Crippen LogP contribution is -2.23. The van der Waals surface area contributed by atoms with E-state index < -0.39 is 5.91 Å². The second-order valence-corrected chi connectivity index (χ2v) is 4.90. The van der Waals surface area contributed by atoms with Crippen LogP contribution in [0.5, 0.6) is 5.88 Å². The molecule has 18 heavy (non-hydrogen) atoms. The lowest BCUT2D eigenvalue weighted by molar-refractivity contribution is 0.0938. The minimum absolute atomic E-state index is 0.0140. The summed E-state index contributed by atoms with van der Waals surface area (Å²) in [6.45, 7) is 1.93. The van der Waals surface area contributed by atoms with Crippen LogP contribution in [-0.2, 0) is 6.54 Å². The van der Waals surface area contributed by atoms with E-state index in [9.17, 15) is 4.79 Å². The molecule has 0 bridgehead atoms. The highest BCUT2D eigenvalue weighted by Gasteiger charge is 2.15. The molecule has 0 aliphatic heterocycles. The van der Waals surface area contributed by atoms with Crippen molar-refractivity contribution in [2.45, 2.75) is 13.5 Å². The van der Waals surface area contributed by atoms with Gasteiger partial charge in [0.2, 0.25) is 11.8 Å². The van der Waals surface area contributed by atoms with E-state index in [2.05, 4.69) is 35.8 Å². The number of hydrogen-bond donors (Lipinski definition) is 1. The third-order valence-electron chi connectivity index (χ3n) is 2.00. The Morgan fingerprint density at radius 2 is 2.39 bits per heavy atom. The van der Waals surface area contributed by atoms with E-state index >= 15 is 0 Å². The van der Waals surface area contributed by atoms with Gasteiger partial charge in [-0.1, -0.05) is 5.16 Å². The molecule has 0 aliphatic carbocycles. The molecule has 96 valence electrons. The number of nitrogens with zero attached hydrogens (tertiary/aromatic N) is 3. The zero-order chi connectivity index (χ0) is 13.1. The van der Waals surface area contributed by atoms with Crippen molar-refractivity contribution in [2.75, 3.05) is 7.11 Å². The number of aryl methyl sites for hydroxylation is 1. The van der Waals surface area contributed by atoms with Gasteiger partial charge in [0.05, 0.1) is 23.0 Å². The van der Waals surface area contributed by atoms with Crippen LogP contribution in [0.3, 0.4) is 0 Å². The maximum atomic E-state index is 11.7. The Morgan fingerprint density at radius 1 is 1.61 bits per heavy atom. The van der Waals surface area contributed by atoms with Crippen molar-refractivity contribution >= 4 is 33.4 Å². The van der Waals surface area contributed by atoms with Gasteiger partial charge >= 0.3 is 0 Å². The van der Waals surface area contributed by atoms with E-state index in [1.165, 1.54) is 18.6 Å². The van der Waals surface area contributed by atoms with E-state index in [4.69, 9.17) is 9.26 Å². The summed E-state index contributed by atoms with van der Waals surface area (Å²) >= 11 is 4.59. The maximum Gasteiger partial charge on any atom is 0.292 e. The number of rotatable bonds is 4. The van der Waals surface area contributed by atoms with Crippen LogP contribution in [0.4, 0.5) is 0 Å². The van der Waals surface area contributed by atoms with Gasteiger partial charge in [0, 0.05) is 6.92 Å². The maximum absolute atomic E-state index is 11.7. The van der Waals surface area contributed by atoms with Gasteiger partial charge in [-0.25, -0.2) is 0 Å². The third kappa shape index (κ3) is 2.67. The highest BCUT2D eigenvalue weighted by Crippen LogP contribution is 2.30. The van der Waals surface area contributed by atoms with Crippen molar-refractivity contribution in [3.63, 3.8) is 0 Å². The zero-order valence-corrected chi connectivity index (χ0v) is 12.0. The van der Waals surface area contributed by atoms with Crippen LogP contribution in [0.15, 0.2) is 9.00 Å². The summed E-state index contributed by atoms with van der Waals surface area (Å²) in [6.07, 6.45) is 0. The van der Waals surface area contributed by atoms with Crippen LogP contribution in [0.2, 0.25) is 0 Å². The third-order valence-corrected chi connectivity index (χ3v) is 3.91. The quantitative estimate of drug-likeness (QED) is 0.913. The van der Waals surface area contributed by atoms with Crippen molar-refractivity contribution in [3.8, 4) is 5.88 Å². The molecular formula is C9H9BrN4O3S. The van der Waals surface area contributed by atoms with Gasteiger partial charge in [0.1, 0.15) is 0 Å². The van der Waals surface area contributed by atoms with Gasteiger partial charge in [-0.3, -0.25) is 4.79 Å². The monoisotopic (exact) mass is 332 g/mol. The van der Waals surface area contributed by atoms with Gasteiger partial charge < -0.3 is 14.6 Å².